The highest BCUT2D eigenvalue weighted by Crippen LogP contribution is 2.17. The van der Waals surface area contributed by atoms with Gasteiger partial charge in [0.05, 0.1) is 17.3 Å². The van der Waals surface area contributed by atoms with E-state index in [4.69, 9.17) is 9.47 Å². The van der Waals surface area contributed by atoms with Crippen LogP contribution in [0.25, 0.3) is 0 Å². The molecule has 0 aliphatic heterocycles. The summed E-state index contributed by atoms with van der Waals surface area (Å²) in [4.78, 5) is 16.7. The van der Waals surface area contributed by atoms with E-state index in [1.165, 1.54) is 16.8 Å². The fourth-order valence-electron chi connectivity index (χ4n) is 2.63. The van der Waals surface area contributed by atoms with Crippen LogP contribution in [0.2, 0.25) is 0 Å². The SMILES string of the molecule is Cc1c(OCc2ccc(OCc3ccc(F)cc3)nc2)cnn(C(C)(C)C)c1=O. The summed E-state index contributed by atoms with van der Waals surface area (Å²) in [6.45, 7) is 8.06. The van der Waals surface area contributed by atoms with Gasteiger partial charge in [0.1, 0.15) is 24.8 Å². The first kappa shape index (κ1) is 20.5. The lowest BCUT2D eigenvalue weighted by Gasteiger charge is -2.21. The maximum atomic E-state index is 12.9. The summed E-state index contributed by atoms with van der Waals surface area (Å²) in [6.07, 6.45) is 3.22. The molecule has 0 amide bonds. The van der Waals surface area contributed by atoms with Gasteiger partial charge in [0.2, 0.25) is 5.88 Å². The van der Waals surface area contributed by atoms with Gasteiger partial charge in [0.15, 0.2) is 0 Å². The van der Waals surface area contributed by atoms with Gasteiger partial charge in [-0.3, -0.25) is 4.79 Å². The van der Waals surface area contributed by atoms with E-state index in [1.54, 1.807) is 37.5 Å². The molecule has 0 saturated heterocycles. The molecule has 2 heterocycles. The van der Waals surface area contributed by atoms with Gasteiger partial charge >= 0.3 is 0 Å². The minimum atomic E-state index is -0.395. The van der Waals surface area contributed by atoms with Crippen LogP contribution in [-0.4, -0.2) is 14.8 Å². The molecule has 2 aromatic heterocycles. The van der Waals surface area contributed by atoms with E-state index in [9.17, 15) is 9.18 Å². The second-order valence-corrected chi connectivity index (χ2v) is 7.73. The molecular weight excluding hydrogens is 373 g/mol. The minimum Gasteiger partial charge on any atom is -0.487 e. The van der Waals surface area contributed by atoms with Gasteiger partial charge < -0.3 is 9.47 Å². The Bertz CT molecular complexity index is 1020. The quantitative estimate of drug-likeness (QED) is 0.629. The number of hydrogen-bond donors (Lipinski definition) is 0. The molecule has 0 aliphatic rings. The second kappa shape index (κ2) is 8.43. The molecule has 6 nitrogen and oxygen atoms in total. The molecular formula is C22H24FN3O3. The van der Waals surface area contributed by atoms with Crippen molar-refractivity contribution in [3.05, 3.63) is 81.7 Å². The monoisotopic (exact) mass is 397 g/mol. The lowest BCUT2D eigenvalue weighted by Crippen LogP contribution is -2.37. The van der Waals surface area contributed by atoms with Crippen molar-refractivity contribution in [2.45, 2.75) is 46.4 Å². The topological polar surface area (TPSA) is 66.2 Å². The third-order valence-electron chi connectivity index (χ3n) is 4.30. The summed E-state index contributed by atoms with van der Waals surface area (Å²) < 4.78 is 25.7. The van der Waals surface area contributed by atoms with Gasteiger partial charge in [-0.2, -0.15) is 5.10 Å². The third-order valence-corrected chi connectivity index (χ3v) is 4.30. The van der Waals surface area contributed by atoms with E-state index in [1.807, 2.05) is 26.8 Å². The van der Waals surface area contributed by atoms with Crippen LogP contribution in [0.5, 0.6) is 11.6 Å². The van der Waals surface area contributed by atoms with Gasteiger partial charge in [0, 0.05) is 17.8 Å². The number of ether oxygens (including phenoxy) is 2. The van der Waals surface area contributed by atoms with Crippen molar-refractivity contribution >= 4 is 0 Å². The Labute approximate surface area is 168 Å². The Balaban J connectivity index is 1.60. The molecule has 0 radical (unpaired) electrons. The van der Waals surface area contributed by atoms with Crippen LogP contribution in [0.4, 0.5) is 4.39 Å². The summed E-state index contributed by atoms with van der Waals surface area (Å²) in [5, 5.41) is 4.22. The highest BCUT2D eigenvalue weighted by molar-refractivity contribution is 5.27. The lowest BCUT2D eigenvalue weighted by atomic mass is 10.1. The molecule has 0 saturated carbocycles. The zero-order chi connectivity index (χ0) is 21.0. The van der Waals surface area contributed by atoms with Crippen molar-refractivity contribution in [2.24, 2.45) is 0 Å². The Morgan fingerprint density at radius 1 is 0.966 bits per heavy atom. The molecule has 7 heteroatoms. The van der Waals surface area contributed by atoms with E-state index in [0.29, 0.717) is 23.8 Å². The van der Waals surface area contributed by atoms with Gasteiger partial charge in [-0.25, -0.2) is 14.1 Å². The molecule has 0 spiro atoms. The Kier molecular flexibility index (Phi) is 5.96. The van der Waals surface area contributed by atoms with Gasteiger partial charge in [-0.1, -0.05) is 12.1 Å². The molecule has 0 unspecified atom stereocenters. The summed E-state index contributed by atoms with van der Waals surface area (Å²) in [6, 6.07) is 9.70. The number of nitrogens with zero attached hydrogens (tertiary/aromatic N) is 3. The Morgan fingerprint density at radius 3 is 2.24 bits per heavy atom. The molecule has 0 atom stereocenters. The molecule has 1 aromatic carbocycles. The van der Waals surface area contributed by atoms with Crippen molar-refractivity contribution in [2.75, 3.05) is 0 Å². The molecule has 152 valence electrons. The van der Waals surface area contributed by atoms with Crippen molar-refractivity contribution in [1.29, 1.82) is 0 Å². The van der Waals surface area contributed by atoms with Crippen LogP contribution >= 0.6 is 0 Å². The van der Waals surface area contributed by atoms with Crippen molar-refractivity contribution in [1.82, 2.24) is 14.8 Å². The zero-order valence-corrected chi connectivity index (χ0v) is 17.0. The molecule has 3 aromatic rings. The first-order valence-electron chi connectivity index (χ1n) is 9.28. The molecule has 29 heavy (non-hydrogen) atoms. The largest absolute Gasteiger partial charge is 0.487 e. The van der Waals surface area contributed by atoms with Crippen molar-refractivity contribution in [3.63, 3.8) is 0 Å². The number of pyridine rings is 1. The highest BCUT2D eigenvalue weighted by Gasteiger charge is 2.18. The summed E-state index contributed by atoms with van der Waals surface area (Å²) in [5.41, 5.74) is 1.64. The van der Waals surface area contributed by atoms with E-state index < -0.39 is 5.54 Å². The Morgan fingerprint density at radius 2 is 1.62 bits per heavy atom. The van der Waals surface area contributed by atoms with E-state index >= 15 is 0 Å². The van der Waals surface area contributed by atoms with Crippen LogP contribution in [-0.2, 0) is 18.8 Å². The van der Waals surface area contributed by atoms with Crippen molar-refractivity contribution < 1.29 is 13.9 Å². The fraction of sp³-hybridized carbons (Fsp3) is 0.318. The highest BCUT2D eigenvalue weighted by atomic mass is 19.1. The van der Waals surface area contributed by atoms with Gasteiger partial charge in [-0.05, 0) is 51.5 Å². The average molecular weight is 397 g/mol. The number of benzene rings is 1. The summed E-state index contributed by atoms with van der Waals surface area (Å²) in [7, 11) is 0. The summed E-state index contributed by atoms with van der Waals surface area (Å²) >= 11 is 0. The first-order chi connectivity index (χ1) is 13.7. The average Bonchev–Trinajstić information content (AvgIpc) is 2.68. The van der Waals surface area contributed by atoms with Crippen LogP contribution in [0.15, 0.2) is 53.6 Å². The van der Waals surface area contributed by atoms with E-state index in [0.717, 1.165) is 11.1 Å². The summed E-state index contributed by atoms with van der Waals surface area (Å²) in [5.74, 6) is 0.633. The standard InChI is InChI=1S/C22H24FN3O3/c1-15-19(12-25-26(21(15)27)22(2,3)4)28-14-17-7-10-20(24-11-17)29-13-16-5-8-18(23)9-6-16/h5-12H,13-14H2,1-4H3. The van der Waals surface area contributed by atoms with Crippen LogP contribution in [0.1, 0.15) is 37.5 Å². The smallest absolute Gasteiger partial charge is 0.273 e. The van der Waals surface area contributed by atoms with Crippen molar-refractivity contribution in [3.8, 4) is 11.6 Å². The lowest BCUT2D eigenvalue weighted by molar-refractivity contribution is 0.284. The number of hydrogen-bond acceptors (Lipinski definition) is 5. The maximum Gasteiger partial charge on any atom is 0.273 e. The first-order valence-corrected chi connectivity index (χ1v) is 9.28. The minimum absolute atomic E-state index is 0.169. The Hall–Kier alpha value is -3.22. The normalized spacial score (nSPS) is 11.3. The molecule has 0 N–H and O–H groups in total. The number of aromatic nitrogens is 3. The molecule has 3 rings (SSSR count). The molecule has 0 bridgehead atoms. The third kappa shape index (κ3) is 5.19. The van der Waals surface area contributed by atoms with Gasteiger partial charge in [-0.15, -0.1) is 0 Å². The van der Waals surface area contributed by atoms with Crippen LogP contribution < -0.4 is 15.0 Å². The molecule has 0 aliphatic carbocycles. The van der Waals surface area contributed by atoms with E-state index in [-0.39, 0.29) is 18.0 Å². The maximum absolute atomic E-state index is 12.9. The predicted octanol–water partition coefficient (Wildman–Crippen LogP) is 4.00. The van der Waals surface area contributed by atoms with E-state index in [2.05, 4.69) is 10.1 Å². The van der Waals surface area contributed by atoms with Gasteiger partial charge in [0.25, 0.3) is 5.56 Å². The van der Waals surface area contributed by atoms with Crippen LogP contribution in [0.3, 0.4) is 0 Å². The number of halogens is 1. The fourth-order valence-corrected chi connectivity index (χ4v) is 2.63. The predicted molar refractivity (Wildman–Crippen MR) is 108 cm³/mol. The zero-order valence-electron chi connectivity index (χ0n) is 17.0. The molecule has 0 fully saturated rings. The van der Waals surface area contributed by atoms with Crippen LogP contribution in [0, 0.1) is 12.7 Å². The number of rotatable bonds is 6. The second-order valence-electron chi connectivity index (χ2n) is 7.73.